The Bertz CT molecular complexity index is 693. The number of urea groups is 1. The van der Waals surface area contributed by atoms with Crippen LogP contribution < -0.4 is 10.1 Å². The summed E-state index contributed by atoms with van der Waals surface area (Å²) in [7, 11) is 0. The van der Waals surface area contributed by atoms with E-state index in [0.29, 0.717) is 19.4 Å². The van der Waals surface area contributed by atoms with Crippen LogP contribution in [0.4, 0.5) is 4.79 Å². The van der Waals surface area contributed by atoms with Gasteiger partial charge in [-0.1, -0.05) is 38.0 Å². The van der Waals surface area contributed by atoms with Crippen LogP contribution in [0.3, 0.4) is 0 Å². The zero-order valence-electron chi connectivity index (χ0n) is 15.6. The summed E-state index contributed by atoms with van der Waals surface area (Å²) in [6.45, 7) is 2.22. The van der Waals surface area contributed by atoms with Gasteiger partial charge in [-0.15, -0.1) is 0 Å². The van der Waals surface area contributed by atoms with Crippen LogP contribution in [0.2, 0.25) is 0 Å². The highest BCUT2D eigenvalue weighted by Crippen LogP contribution is 2.38. The number of amides is 3. The third-order valence-corrected chi connectivity index (χ3v) is 5.35. The maximum Gasteiger partial charge on any atom is 0.326 e. The van der Waals surface area contributed by atoms with Crippen LogP contribution in [0.1, 0.15) is 39.0 Å². The van der Waals surface area contributed by atoms with Crippen LogP contribution in [0.5, 0.6) is 5.75 Å². The second-order valence-corrected chi connectivity index (χ2v) is 7.18. The van der Waals surface area contributed by atoms with Crippen molar-refractivity contribution in [1.82, 2.24) is 10.2 Å². The maximum atomic E-state index is 12.8. The molecule has 1 N–H and O–H groups in total. The molecule has 2 aliphatic rings. The second-order valence-electron chi connectivity index (χ2n) is 7.18. The zero-order chi connectivity index (χ0) is 19.3. The molecule has 27 heavy (non-hydrogen) atoms. The molecular weight excluding hydrogens is 348 g/mol. The molecule has 0 bridgehead atoms. The lowest BCUT2D eigenvalue weighted by atomic mass is 9.73. The van der Waals surface area contributed by atoms with Gasteiger partial charge in [0.15, 0.2) is 0 Å². The number of nitrogens with one attached hydrogen (secondary N) is 1. The minimum atomic E-state index is -0.848. The van der Waals surface area contributed by atoms with E-state index >= 15 is 0 Å². The number of carbonyl (C=O) groups is 3. The summed E-state index contributed by atoms with van der Waals surface area (Å²) in [6, 6.07) is 8.87. The molecule has 1 aromatic rings. The molecule has 0 radical (unpaired) electrons. The SMILES string of the molecule is CC1CCCCC12NC(=O)N(CC(=O)OCCCOc1ccccc1)C2=O. The number of esters is 1. The number of nitrogens with zero attached hydrogens (tertiary/aromatic N) is 1. The molecule has 1 aliphatic heterocycles. The molecular formula is C20H26N2O5. The van der Waals surface area contributed by atoms with E-state index in [9.17, 15) is 14.4 Å². The van der Waals surface area contributed by atoms with Crippen LogP contribution in [0, 0.1) is 5.92 Å². The number of ether oxygens (including phenoxy) is 2. The molecule has 3 rings (SSSR count). The predicted molar refractivity (Wildman–Crippen MR) is 98.1 cm³/mol. The van der Waals surface area contributed by atoms with Crippen LogP contribution >= 0.6 is 0 Å². The summed E-state index contributed by atoms with van der Waals surface area (Å²) in [4.78, 5) is 38.1. The van der Waals surface area contributed by atoms with E-state index in [1.807, 2.05) is 37.3 Å². The van der Waals surface area contributed by atoms with E-state index in [-0.39, 0.29) is 25.0 Å². The van der Waals surface area contributed by atoms with Crippen molar-refractivity contribution in [3.8, 4) is 5.75 Å². The molecule has 1 spiro atoms. The normalized spacial score (nSPS) is 24.8. The quantitative estimate of drug-likeness (QED) is 0.450. The van der Waals surface area contributed by atoms with Gasteiger partial charge in [0.2, 0.25) is 0 Å². The molecule has 146 valence electrons. The number of imide groups is 1. The first kappa shape index (κ1) is 19.2. The van der Waals surface area contributed by atoms with Gasteiger partial charge in [-0.05, 0) is 30.9 Å². The Morgan fingerprint density at radius 2 is 2.00 bits per heavy atom. The summed E-state index contributed by atoms with van der Waals surface area (Å²) in [5, 5.41) is 2.83. The number of hydrogen-bond acceptors (Lipinski definition) is 5. The van der Waals surface area contributed by atoms with Crippen molar-refractivity contribution in [2.75, 3.05) is 19.8 Å². The van der Waals surface area contributed by atoms with Gasteiger partial charge in [-0.3, -0.25) is 14.5 Å². The zero-order valence-corrected chi connectivity index (χ0v) is 15.6. The fourth-order valence-corrected chi connectivity index (χ4v) is 3.77. The number of hydrogen-bond donors (Lipinski definition) is 1. The van der Waals surface area contributed by atoms with Crippen molar-refractivity contribution < 1.29 is 23.9 Å². The lowest BCUT2D eigenvalue weighted by Gasteiger charge is -2.36. The number of rotatable bonds is 7. The summed E-state index contributed by atoms with van der Waals surface area (Å²) in [6.07, 6.45) is 4.00. The van der Waals surface area contributed by atoms with Crippen LogP contribution in [-0.4, -0.2) is 48.1 Å². The summed E-state index contributed by atoms with van der Waals surface area (Å²) < 4.78 is 10.7. The van der Waals surface area contributed by atoms with Crippen molar-refractivity contribution in [3.05, 3.63) is 30.3 Å². The van der Waals surface area contributed by atoms with Crippen molar-refractivity contribution >= 4 is 17.9 Å². The van der Waals surface area contributed by atoms with Gasteiger partial charge in [0.1, 0.15) is 17.8 Å². The Balaban J connectivity index is 1.42. The van der Waals surface area contributed by atoms with Gasteiger partial charge in [0.05, 0.1) is 13.2 Å². The molecule has 3 amide bonds. The van der Waals surface area contributed by atoms with E-state index < -0.39 is 17.5 Å². The predicted octanol–water partition coefficient (Wildman–Crippen LogP) is 2.50. The van der Waals surface area contributed by atoms with Crippen molar-refractivity contribution in [2.24, 2.45) is 5.92 Å². The van der Waals surface area contributed by atoms with Crippen molar-refractivity contribution in [2.45, 2.75) is 44.6 Å². The van der Waals surface area contributed by atoms with Crippen LogP contribution in [0.25, 0.3) is 0 Å². The number of para-hydroxylation sites is 1. The highest BCUT2D eigenvalue weighted by atomic mass is 16.5. The lowest BCUT2D eigenvalue weighted by Crippen LogP contribution is -2.54. The average Bonchev–Trinajstić information content (AvgIpc) is 2.90. The molecule has 1 saturated carbocycles. The van der Waals surface area contributed by atoms with Gasteiger partial charge in [-0.25, -0.2) is 4.79 Å². The first-order valence-corrected chi connectivity index (χ1v) is 9.50. The van der Waals surface area contributed by atoms with Crippen LogP contribution in [0.15, 0.2) is 30.3 Å². The van der Waals surface area contributed by atoms with E-state index in [1.165, 1.54) is 0 Å². The average molecular weight is 374 g/mol. The Hall–Kier alpha value is -2.57. The topological polar surface area (TPSA) is 84.9 Å². The largest absolute Gasteiger partial charge is 0.493 e. The lowest BCUT2D eigenvalue weighted by molar-refractivity contribution is -0.148. The van der Waals surface area contributed by atoms with Crippen LogP contribution in [-0.2, 0) is 14.3 Å². The highest BCUT2D eigenvalue weighted by molar-refractivity contribution is 6.08. The molecule has 1 aliphatic carbocycles. The molecule has 2 atom stereocenters. The molecule has 7 nitrogen and oxygen atoms in total. The fourth-order valence-electron chi connectivity index (χ4n) is 3.77. The van der Waals surface area contributed by atoms with Crippen molar-refractivity contribution in [3.63, 3.8) is 0 Å². The molecule has 1 saturated heterocycles. The van der Waals surface area contributed by atoms with E-state index in [2.05, 4.69) is 5.32 Å². The van der Waals surface area contributed by atoms with Gasteiger partial charge in [-0.2, -0.15) is 0 Å². The minimum absolute atomic E-state index is 0.0684. The highest BCUT2D eigenvalue weighted by Gasteiger charge is 2.55. The summed E-state index contributed by atoms with van der Waals surface area (Å²) in [5.74, 6) is -0.0586. The fraction of sp³-hybridized carbons (Fsp3) is 0.550. The maximum absolute atomic E-state index is 12.8. The molecule has 1 aromatic carbocycles. The molecule has 1 heterocycles. The van der Waals surface area contributed by atoms with E-state index in [0.717, 1.165) is 29.9 Å². The van der Waals surface area contributed by atoms with Gasteiger partial charge >= 0.3 is 12.0 Å². The Labute approximate surface area is 159 Å². The van der Waals surface area contributed by atoms with E-state index in [1.54, 1.807) is 0 Å². The molecule has 7 heteroatoms. The third kappa shape index (κ3) is 4.23. The summed E-state index contributed by atoms with van der Waals surface area (Å²) >= 11 is 0. The smallest absolute Gasteiger partial charge is 0.326 e. The monoisotopic (exact) mass is 374 g/mol. The number of carbonyl (C=O) groups excluding carboxylic acids is 3. The van der Waals surface area contributed by atoms with E-state index in [4.69, 9.17) is 9.47 Å². The minimum Gasteiger partial charge on any atom is -0.493 e. The molecule has 2 unspecified atom stereocenters. The third-order valence-electron chi connectivity index (χ3n) is 5.35. The Kier molecular flexibility index (Phi) is 5.98. The first-order chi connectivity index (χ1) is 13.0. The Morgan fingerprint density at radius 3 is 2.74 bits per heavy atom. The van der Waals surface area contributed by atoms with Gasteiger partial charge < -0.3 is 14.8 Å². The molecule has 0 aromatic heterocycles. The van der Waals surface area contributed by atoms with Gasteiger partial charge in [0.25, 0.3) is 5.91 Å². The Morgan fingerprint density at radius 1 is 1.22 bits per heavy atom. The second kappa shape index (κ2) is 8.41. The standard InChI is InChI=1S/C20H26N2O5/c1-15-8-5-6-11-20(15)18(24)22(19(25)21-20)14-17(23)27-13-7-12-26-16-9-3-2-4-10-16/h2-4,9-10,15H,5-8,11-14H2,1H3,(H,21,25). The van der Waals surface area contributed by atoms with Crippen molar-refractivity contribution in [1.29, 1.82) is 0 Å². The van der Waals surface area contributed by atoms with Gasteiger partial charge in [0, 0.05) is 6.42 Å². The first-order valence-electron chi connectivity index (χ1n) is 9.50. The summed E-state index contributed by atoms with van der Waals surface area (Å²) in [5.41, 5.74) is -0.848. The number of benzene rings is 1. The molecule has 2 fully saturated rings.